The highest BCUT2D eigenvalue weighted by atomic mass is 16.7. The summed E-state index contributed by atoms with van der Waals surface area (Å²) in [5.41, 5.74) is 0. The van der Waals surface area contributed by atoms with Crippen molar-refractivity contribution < 1.29 is 89.1 Å². The molecule has 3 saturated heterocycles. The van der Waals surface area contributed by atoms with Crippen LogP contribution in [0, 0.1) is 0 Å². The summed E-state index contributed by atoms with van der Waals surface area (Å²) in [6.07, 6.45) is -21.9. The van der Waals surface area contributed by atoms with Crippen LogP contribution in [0.1, 0.15) is 45.4 Å². The number of hydrogen-bond acceptors (Lipinski definition) is 18. The van der Waals surface area contributed by atoms with Gasteiger partial charge in [0.05, 0.1) is 26.4 Å². The van der Waals surface area contributed by atoms with Gasteiger partial charge in [0.15, 0.2) is 18.9 Å². The monoisotopic (exact) mass is 701 g/mol. The maximum absolute atomic E-state index is 12.2. The second-order valence-electron chi connectivity index (χ2n) is 12.1. The lowest BCUT2D eigenvalue weighted by Crippen LogP contribution is -2.65. The van der Waals surface area contributed by atoms with Gasteiger partial charge in [-0.2, -0.15) is 0 Å². The molecular formula is C29H51NO18. The zero-order chi connectivity index (χ0) is 35.5. The number of Topliss-reactive ketones (excluding diaryl/α,β-unsaturated/α-hetero) is 1. The smallest absolute Gasteiger partial charge is 0.220 e. The molecule has 3 fully saturated rings. The number of carbonyl (C=O) groups excluding carboxylic acids is 2. The number of aliphatic hydroxyl groups is 10. The summed E-state index contributed by atoms with van der Waals surface area (Å²) < 4.78 is 33.1. The van der Waals surface area contributed by atoms with Gasteiger partial charge in [-0.3, -0.25) is 9.59 Å². The number of rotatable bonds is 18. The minimum Gasteiger partial charge on any atom is -0.394 e. The summed E-state index contributed by atoms with van der Waals surface area (Å²) in [4.78, 5) is 23.8. The van der Waals surface area contributed by atoms with Crippen molar-refractivity contribution in [2.45, 2.75) is 138 Å². The fourth-order valence-corrected chi connectivity index (χ4v) is 5.53. The molecule has 280 valence electrons. The number of carbonyl (C=O) groups is 2. The second kappa shape index (κ2) is 19.8. The van der Waals surface area contributed by atoms with Crippen LogP contribution in [0.4, 0.5) is 0 Å². The molecule has 48 heavy (non-hydrogen) atoms. The minimum atomic E-state index is -1.88. The Labute approximate surface area is 276 Å². The Morgan fingerprint density at radius 2 is 1.17 bits per heavy atom. The molecule has 0 aliphatic carbocycles. The van der Waals surface area contributed by atoms with Crippen LogP contribution in [0.3, 0.4) is 0 Å². The average Bonchev–Trinajstić information content (AvgIpc) is 3.07. The third-order valence-electron chi connectivity index (χ3n) is 8.40. The Morgan fingerprint density at radius 3 is 1.77 bits per heavy atom. The predicted molar refractivity (Wildman–Crippen MR) is 156 cm³/mol. The van der Waals surface area contributed by atoms with E-state index in [1.807, 2.05) is 6.92 Å². The zero-order valence-electron chi connectivity index (χ0n) is 26.7. The molecular weight excluding hydrogens is 650 g/mol. The largest absolute Gasteiger partial charge is 0.394 e. The van der Waals surface area contributed by atoms with E-state index in [-0.39, 0.29) is 31.3 Å². The van der Waals surface area contributed by atoms with Crippen molar-refractivity contribution in [2.75, 3.05) is 33.0 Å². The first-order chi connectivity index (χ1) is 22.8. The van der Waals surface area contributed by atoms with E-state index in [4.69, 9.17) is 28.4 Å². The first-order valence-electron chi connectivity index (χ1n) is 16.1. The fourth-order valence-electron chi connectivity index (χ4n) is 5.53. The molecule has 0 unspecified atom stereocenters. The van der Waals surface area contributed by atoms with E-state index in [0.717, 1.165) is 6.42 Å². The van der Waals surface area contributed by atoms with E-state index in [9.17, 15) is 60.7 Å². The van der Waals surface area contributed by atoms with E-state index < -0.39 is 112 Å². The summed E-state index contributed by atoms with van der Waals surface area (Å²) in [6, 6.07) is 0. The molecule has 3 aliphatic rings. The molecule has 19 heteroatoms. The van der Waals surface area contributed by atoms with E-state index >= 15 is 0 Å². The van der Waals surface area contributed by atoms with Crippen LogP contribution in [0.25, 0.3) is 0 Å². The van der Waals surface area contributed by atoms with Crippen LogP contribution < -0.4 is 5.32 Å². The van der Waals surface area contributed by atoms with Crippen molar-refractivity contribution in [3.05, 3.63) is 0 Å². The van der Waals surface area contributed by atoms with Crippen molar-refractivity contribution in [1.82, 2.24) is 5.32 Å². The number of amides is 1. The number of ether oxygens (including phenoxy) is 6. The van der Waals surface area contributed by atoms with Crippen LogP contribution in [-0.4, -0.2) is 188 Å². The van der Waals surface area contributed by atoms with Gasteiger partial charge in [0.1, 0.15) is 79.0 Å². The Morgan fingerprint density at radius 1 is 0.625 bits per heavy atom. The number of hydrogen-bond donors (Lipinski definition) is 11. The lowest BCUT2D eigenvalue weighted by atomic mass is 9.96. The maximum atomic E-state index is 12.2. The van der Waals surface area contributed by atoms with E-state index in [1.54, 1.807) is 0 Å². The Kier molecular flexibility index (Phi) is 16.9. The molecule has 0 saturated carbocycles. The Bertz CT molecular complexity index is 974. The average molecular weight is 702 g/mol. The summed E-state index contributed by atoms with van der Waals surface area (Å²) >= 11 is 0. The van der Waals surface area contributed by atoms with Crippen LogP contribution in [0.5, 0.6) is 0 Å². The van der Waals surface area contributed by atoms with Gasteiger partial charge in [0.25, 0.3) is 0 Å². The van der Waals surface area contributed by atoms with Gasteiger partial charge in [-0.25, -0.2) is 0 Å². The number of unbranched alkanes of at least 4 members (excludes halogenated alkanes) is 1. The molecule has 3 heterocycles. The topological polar surface area (TPSA) is 304 Å². The molecule has 0 aromatic heterocycles. The minimum absolute atomic E-state index is 0.0208. The standard InChI is InChI=1S/C29H51NO18/c1-2-5-13(33)6-3-4-7-17(34)30-8-9-43-28-25(42)26(48-29-24(41)22(39)19(36)15(11-32)46-29)20(37)16(47-28)12-44-27-23(40)21(38)18(35)14(10-31)45-27/h14-16,18-29,31-32,35-42H,2-12H2,1H3,(H,30,34)/t14-,15-,16-,18-,19-,20-,21+,22+,23+,24+,25+,26+,27+,28-,29-/m1/s1. The van der Waals surface area contributed by atoms with Crippen molar-refractivity contribution in [1.29, 1.82) is 0 Å². The highest BCUT2D eigenvalue weighted by Gasteiger charge is 2.52. The van der Waals surface area contributed by atoms with Crippen LogP contribution in [-0.2, 0) is 38.0 Å². The Balaban J connectivity index is 1.63. The third-order valence-corrected chi connectivity index (χ3v) is 8.40. The molecule has 0 spiro atoms. The first kappa shape index (κ1) is 40.9. The quantitative estimate of drug-likeness (QED) is 0.0594. The van der Waals surface area contributed by atoms with E-state index in [2.05, 4.69) is 5.32 Å². The predicted octanol–water partition coefficient (Wildman–Crippen LogP) is -5.50. The molecule has 1 amide bonds. The molecule has 3 aliphatic heterocycles. The first-order valence-corrected chi connectivity index (χ1v) is 16.1. The normalized spacial score (nSPS) is 40.4. The summed E-state index contributed by atoms with van der Waals surface area (Å²) in [6.45, 7) is -0.410. The molecule has 15 atom stereocenters. The lowest BCUT2D eigenvalue weighted by Gasteiger charge is -2.46. The van der Waals surface area contributed by atoms with Gasteiger partial charge in [-0.05, 0) is 19.3 Å². The van der Waals surface area contributed by atoms with Gasteiger partial charge in [0.2, 0.25) is 5.91 Å². The SMILES string of the molecule is CCCC(=O)CCCCC(=O)NCCO[C@@H]1O[C@H](CO[C@H]2O[C@H](CO)[C@@H](O)[C@H](O)[C@@H]2O)[C@@H](O)[C@H](O[C@H]2O[C@H](CO)[C@@H](O)[C@H](O)[C@@H]2O)[C@@H]1O. The second-order valence-corrected chi connectivity index (χ2v) is 12.1. The highest BCUT2D eigenvalue weighted by molar-refractivity contribution is 5.78. The summed E-state index contributed by atoms with van der Waals surface area (Å²) in [5.74, 6) is -0.148. The lowest BCUT2D eigenvalue weighted by molar-refractivity contribution is -0.366. The van der Waals surface area contributed by atoms with E-state index in [0.29, 0.717) is 25.7 Å². The highest BCUT2D eigenvalue weighted by Crippen LogP contribution is 2.31. The van der Waals surface area contributed by atoms with Gasteiger partial charge in [0, 0.05) is 25.8 Å². The molecule has 11 N–H and O–H groups in total. The number of aliphatic hydroxyl groups excluding tert-OH is 10. The third kappa shape index (κ3) is 10.8. The van der Waals surface area contributed by atoms with Crippen LogP contribution in [0.2, 0.25) is 0 Å². The number of nitrogens with one attached hydrogen (secondary N) is 1. The van der Waals surface area contributed by atoms with Crippen LogP contribution >= 0.6 is 0 Å². The Hall–Kier alpha value is -1.50. The van der Waals surface area contributed by atoms with E-state index in [1.165, 1.54) is 0 Å². The van der Waals surface area contributed by atoms with Crippen molar-refractivity contribution >= 4 is 11.7 Å². The zero-order valence-corrected chi connectivity index (χ0v) is 26.7. The van der Waals surface area contributed by atoms with Crippen molar-refractivity contribution in [3.8, 4) is 0 Å². The molecule has 0 aromatic rings. The molecule has 0 aromatic carbocycles. The van der Waals surface area contributed by atoms with Crippen molar-refractivity contribution in [2.24, 2.45) is 0 Å². The molecule has 3 rings (SSSR count). The number of ketones is 1. The van der Waals surface area contributed by atoms with Gasteiger partial charge < -0.3 is 84.8 Å². The summed E-state index contributed by atoms with van der Waals surface area (Å²) in [5, 5.41) is 105. The maximum Gasteiger partial charge on any atom is 0.220 e. The molecule has 19 nitrogen and oxygen atoms in total. The van der Waals surface area contributed by atoms with Crippen LogP contribution in [0.15, 0.2) is 0 Å². The molecule has 0 radical (unpaired) electrons. The van der Waals surface area contributed by atoms with Gasteiger partial charge >= 0.3 is 0 Å². The summed E-state index contributed by atoms with van der Waals surface area (Å²) in [7, 11) is 0. The fraction of sp³-hybridized carbons (Fsp3) is 0.931. The van der Waals surface area contributed by atoms with Gasteiger partial charge in [-0.1, -0.05) is 6.92 Å². The van der Waals surface area contributed by atoms with Gasteiger partial charge in [-0.15, -0.1) is 0 Å². The van der Waals surface area contributed by atoms with Crippen molar-refractivity contribution in [3.63, 3.8) is 0 Å². The molecule has 0 bridgehead atoms.